The number of rotatable bonds is 9. The second-order valence-electron chi connectivity index (χ2n) is 5.35. The molecule has 0 bridgehead atoms. The SMILES string of the molecule is CCOc1ccc(/C=N/NC(=O)c2ccc(OCC)c(OCC)c2)cc1Cl. The van der Waals surface area contributed by atoms with Gasteiger partial charge in [0.1, 0.15) is 5.75 Å². The molecule has 27 heavy (non-hydrogen) atoms. The number of amides is 1. The minimum atomic E-state index is -0.354. The highest BCUT2D eigenvalue weighted by Crippen LogP contribution is 2.28. The van der Waals surface area contributed by atoms with Crippen LogP contribution in [0.5, 0.6) is 17.2 Å². The molecule has 0 atom stereocenters. The molecule has 0 heterocycles. The first-order valence-electron chi connectivity index (χ1n) is 8.74. The van der Waals surface area contributed by atoms with Gasteiger partial charge in [-0.05, 0) is 62.7 Å². The topological polar surface area (TPSA) is 69.2 Å². The lowest BCUT2D eigenvalue weighted by Crippen LogP contribution is -2.17. The highest BCUT2D eigenvalue weighted by Gasteiger charge is 2.11. The molecule has 0 aliphatic rings. The molecule has 0 aromatic heterocycles. The van der Waals surface area contributed by atoms with E-state index in [0.29, 0.717) is 47.7 Å². The highest BCUT2D eigenvalue weighted by molar-refractivity contribution is 6.32. The number of hydrogen-bond acceptors (Lipinski definition) is 5. The van der Waals surface area contributed by atoms with E-state index < -0.39 is 0 Å². The molecule has 1 N–H and O–H groups in total. The van der Waals surface area contributed by atoms with Crippen LogP contribution in [0.4, 0.5) is 0 Å². The third-order valence-corrected chi connectivity index (χ3v) is 3.74. The Bertz CT molecular complexity index is 809. The van der Waals surface area contributed by atoms with Crippen molar-refractivity contribution in [3.63, 3.8) is 0 Å². The molecule has 0 saturated carbocycles. The Morgan fingerprint density at radius 3 is 2.26 bits per heavy atom. The predicted molar refractivity (Wildman–Crippen MR) is 106 cm³/mol. The van der Waals surface area contributed by atoms with Gasteiger partial charge in [0.05, 0.1) is 31.1 Å². The monoisotopic (exact) mass is 390 g/mol. The van der Waals surface area contributed by atoms with Gasteiger partial charge in [0.25, 0.3) is 5.91 Å². The van der Waals surface area contributed by atoms with Gasteiger partial charge in [0.15, 0.2) is 11.5 Å². The standard InChI is InChI=1S/C20H23ClN2O4/c1-4-25-17-9-7-14(11-16(17)21)13-22-23-20(24)15-8-10-18(26-5-2)19(12-15)27-6-3/h7-13H,4-6H2,1-3H3,(H,23,24)/b22-13+. The lowest BCUT2D eigenvalue weighted by Gasteiger charge is -2.11. The zero-order valence-corrected chi connectivity index (χ0v) is 16.4. The number of hydrogen-bond donors (Lipinski definition) is 1. The van der Waals surface area contributed by atoms with E-state index in [1.807, 2.05) is 20.8 Å². The number of halogens is 1. The molecule has 0 radical (unpaired) electrons. The van der Waals surface area contributed by atoms with Crippen molar-refractivity contribution in [2.75, 3.05) is 19.8 Å². The molecule has 2 rings (SSSR count). The first-order chi connectivity index (χ1) is 13.1. The molecule has 2 aromatic carbocycles. The van der Waals surface area contributed by atoms with E-state index in [-0.39, 0.29) is 5.91 Å². The fraction of sp³-hybridized carbons (Fsp3) is 0.300. The fourth-order valence-electron chi connectivity index (χ4n) is 2.29. The molecular formula is C20H23ClN2O4. The van der Waals surface area contributed by atoms with Gasteiger partial charge in [0, 0.05) is 5.56 Å². The van der Waals surface area contributed by atoms with E-state index in [1.54, 1.807) is 36.4 Å². The van der Waals surface area contributed by atoms with Crippen molar-refractivity contribution in [2.45, 2.75) is 20.8 Å². The zero-order valence-electron chi connectivity index (χ0n) is 15.6. The molecule has 0 fully saturated rings. The van der Waals surface area contributed by atoms with Crippen LogP contribution in [0.15, 0.2) is 41.5 Å². The molecule has 0 saturated heterocycles. The van der Waals surface area contributed by atoms with Crippen molar-refractivity contribution in [1.82, 2.24) is 5.43 Å². The number of hydrazone groups is 1. The van der Waals surface area contributed by atoms with Gasteiger partial charge in [-0.15, -0.1) is 0 Å². The smallest absolute Gasteiger partial charge is 0.271 e. The second kappa shape index (κ2) is 10.4. The van der Waals surface area contributed by atoms with Crippen LogP contribution >= 0.6 is 11.6 Å². The Labute approximate surface area is 164 Å². The van der Waals surface area contributed by atoms with Crippen LogP contribution in [-0.4, -0.2) is 31.9 Å². The maximum atomic E-state index is 12.3. The van der Waals surface area contributed by atoms with Crippen LogP contribution in [0.1, 0.15) is 36.7 Å². The quantitative estimate of drug-likeness (QED) is 0.512. The van der Waals surface area contributed by atoms with E-state index in [0.717, 1.165) is 5.56 Å². The molecule has 1 amide bonds. The lowest BCUT2D eigenvalue weighted by molar-refractivity contribution is 0.0954. The summed E-state index contributed by atoms with van der Waals surface area (Å²) in [5.74, 6) is 1.38. The van der Waals surface area contributed by atoms with Gasteiger partial charge in [0.2, 0.25) is 0 Å². The van der Waals surface area contributed by atoms with Gasteiger partial charge < -0.3 is 14.2 Å². The average Bonchev–Trinajstić information content (AvgIpc) is 2.65. The number of ether oxygens (including phenoxy) is 3. The van der Waals surface area contributed by atoms with Crippen molar-refractivity contribution < 1.29 is 19.0 Å². The molecule has 0 spiro atoms. The summed E-state index contributed by atoms with van der Waals surface area (Å²) >= 11 is 6.13. The molecular weight excluding hydrogens is 368 g/mol. The molecule has 0 aliphatic carbocycles. The summed E-state index contributed by atoms with van der Waals surface area (Å²) in [7, 11) is 0. The Kier molecular flexibility index (Phi) is 7.95. The normalized spacial score (nSPS) is 10.7. The molecule has 7 heteroatoms. The summed E-state index contributed by atoms with van der Waals surface area (Å²) in [5, 5.41) is 4.46. The minimum absolute atomic E-state index is 0.354. The summed E-state index contributed by atoms with van der Waals surface area (Å²) < 4.78 is 16.4. The third kappa shape index (κ3) is 5.89. The van der Waals surface area contributed by atoms with Crippen molar-refractivity contribution in [3.05, 3.63) is 52.5 Å². The van der Waals surface area contributed by atoms with Crippen molar-refractivity contribution in [3.8, 4) is 17.2 Å². The van der Waals surface area contributed by atoms with E-state index in [2.05, 4.69) is 10.5 Å². The van der Waals surface area contributed by atoms with Crippen molar-refractivity contribution in [1.29, 1.82) is 0 Å². The average molecular weight is 391 g/mol. The summed E-state index contributed by atoms with van der Waals surface area (Å²) in [4.78, 5) is 12.3. The number of nitrogens with one attached hydrogen (secondary N) is 1. The van der Waals surface area contributed by atoms with Crippen molar-refractivity contribution in [2.24, 2.45) is 5.10 Å². The van der Waals surface area contributed by atoms with Gasteiger partial charge in [-0.25, -0.2) is 5.43 Å². The Morgan fingerprint density at radius 1 is 0.963 bits per heavy atom. The fourth-order valence-corrected chi connectivity index (χ4v) is 2.54. The molecule has 2 aromatic rings. The largest absolute Gasteiger partial charge is 0.492 e. The van der Waals surface area contributed by atoms with Gasteiger partial charge >= 0.3 is 0 Å². The molecule has 0 unspecified atom stereocenters. The number of benzene rings is 2. The van der Waals surface area contributed by atoms with Crippen molar-refractivity contribution >= 4 is 23.7 Å². The highest BCUT2D eigenvalue weighted by atomic mass is 35.5. The van der Waals surface area contributed by atoms with E-state index in [4.69, 9.17) is 25.8 Å². The summed E-state index contributed by atoms with van der Waals surface area (Å²) in [6.07, 6.45) is 1.51. The van der Waals surface area contributed by atoms with Crippen LogP contribution in [-0.2, 0) is 0 Å². The molecule has 6 nitrogen and oxygen atoms in total. The van der Waals surface area contributed by atoms with Crippen LogP contribution < -0.4 is 19.6 Å². The lowest BCUT2D eigenvalue weighted by atomic mass is 10.2. The summed E-state index contributed by atoms with van der Waals surface area (Å²) in [5.41, 5.74) is 3.65. The van der Waals surface area contributed by atoms with Crippen LogP contribution in [0, 0.1) is 0 Å². The van der Waals surface area contributed by atoms with Crippen LogP contribution in [0.25, 0.3) is 0 Å². The zero-order chi connectivity index (χ0) is 19.6. The maximum absolute atomic E-state index is 12.3. The maximum Gasteiger partial charge on any atom is 0.271 e. The molecule has 0 aliphatic heterocycles. The van der Waals surface area contributed by atoms with Gasteiger partial charge in [-0.2, -0.15) is 5.10 Å². The first kappa shape index (κ1) is 20.6. The Balaban J connectivity index is 2.05. The Hall–Kier alpha value is -2.73. The number of nitrogens with zero attached hydrogens (tertiary/aromatic N) is 1. The number of carbonyl (C=O) groups excluding carboxylic acids is 1. The third-order valence-electron chi connectivity index (χ3n) is 3.44. The van der Waals surface area contributed by atoms with Crippen LogP contribution in [0.3, 0.4) is 0 Å². The van der Waals surface area contributed by atoms with Crippen LogP contribution in [0.2, 0.25) is 5.02 Å². The Morgan fingerprint density at radius 2 is 1.59 bits per heavy atom. The minimum Gasteiger partial charge on any atom is -0.492 e. The number of carbonyl (C=O) groups is 1. The summed E-state index contributed by atoms with van der Waals surface area (Å²) in [6, 6.07) is 10.3. The van der Waals surface area contributed by atoms with E-state index >= 15 is 0 Å². The van der Waals surface area contributed by atoms with E-state index in [9.17, 15) is 4.79 Å². The first-order valence-corrected chi connectivity index (χ1v) is 9.12. The van der Waals surface area contributed by atoms with Gasteiger partial charge in [-0.1, -0.05) is 11.6 Å². The second-order valence-corrected chi connectivity index (χ2v) is 5.76. The van der Waals surface area contributed by atoms with E-state index in [1.165, 1.54) is 6.21 Å². The molecule has 144 valence electrons. The van der Waals surface area contributed by atoms with Gasteiger partial charge in [-0.3, -0.25) is 4.79 Å². The summed E-state index contributed by atoms with van der Waals surface area (Å²) in [6.45, 7) is 7.17. The predicted octanol–water partition coefficient (Wildman–Crippen LogP) is 4.30.